The number of rotatable bonds is 0. The molecule has 3 aliphatic carbocycles. The van der Waals surface area contributed by atoms with Gasteiger partial charge in [0.05, 0.1) is 0 Å². The van der Waals surface area contributed by atoms with Gasteiger partial charge in [-0.15, -0.1) is 0 Å². The molecule has 3 rings (SSSR count). The third kappa shape index (κ3) is 0.563. The maximum Gasteiger partial charge on any atom is 0.00199 e. The predicted octanol–water partition coefficient (Wildman–Crippen LogP) is 2.55. The van der Waals surface area contributed by atoms with Crippen LogP contribution in [0.2, 0.25) is 0 Å². The topological polar surface area (TPSA) is 0 Å². The maximum absolute atomic E-state index is 2.44. The Labute approximate surface area is 67.3 Å². The van der Waals surface area contributed by atoms with E-state index < -0.39 is 0 Å². The first-order valence-electron chi connectivity index (χ1n) is 4.41. The summed E-state index contributed by atoms with van der Waals surface area (Å²) in [5.41, 5.74) is 1.59. The predicted molar refractivity (Wildman–Crippen MR) is 46.0 cm³/mol. The third-order valence-electron chi connectivity index (χ3n) is 3.38. The Morgan fingerprint density at radius 1 is 1.00 bits per heavy atom. The highest BCUT2D eigenvalue weighted by Gasteiger charge is 2.42. The zero-order valence-electron chi connectivity index (χ0n) is 6.70. The third-order valence-corrected chi connectivity index (χ3v) is 3.38. The van der Waals surface area contributed by atoms with Gasteiger partial charge in [-0.05, 0) is 24.7 Å². The van der Waals surface area contributed by atoms with Gasteiger partial charge in [0.15, 0.2) is 0 Å². The van der Waals surface area contributed by atoms with Crippen molar-refractivity contribution in [3.63, 3.8) is 0 Å². The van der Waals surface area contributed by atoms with Crippen molar-refractivity contribution in [2.24, 2.45) is 23.7 Å². The van der Waals surface area contributed by atoms with Crippen molar-refractivity contribution < 1.29 is 0 Å². The van der Waals surface area contributed by atoms with Crippen LogP contribution in [0.25, 0.3) is 0 Å². The minimum absolute atomic E-state index is 0.763. The molecule has 0 amide bonds. The van der Waals surface area contributed by atoms with Crippen LogP contribution >= 0.6 is 0 Å². The molecular formula is C11H12. The lowest BCUT2D eigenvalue weighted by atomic mass is 9.87. The largest absolute Gasteiger partial charge is 0.0807 e. The van der Waals surface area contributed by atoms with Crippen molar-refractivity contribution in [3.8, 4) is 0 Å². The fourth-order valence-corrected chi connectivity index (χ4v) is 2.85. The first-order valence-corrected chi connectivity index (χ1v) is 4.41. The Balaban J connectivity index is 2.13. The second-order valence-corrected chi connectivity index (χ2v) is 3.94. The number of hydrogen-bond donors (Lipinski definition) is 0. The summed E-state index contributed by atoms with van der Waals surface area (Å²) in [6, 6.07) is 0. The second kappa shape index (κ2) is 1.69. The second-order valence-electron chi connectivity index (χ2n) is 3.94. The highest BCUT2D eigenvalue weighted by molar-refractivity contribution is 5.36. The van der Waals surface area contributed by atoms with E-state index in [4.69, 9.17) is 0 Å². The molecule has 0 fully saturated rings. The zero-order valence-corrected chi connectivity index (χ0v) is 6.70. The summed E-state index contributed by atoms with van der Waals surface area (Å²) in [5, 5.41) is 0. The molecule has 11 heavy (non-hydrogen) atoms. The van der Waals surface area contributed by atoms with Gasteiger partial charge in [-0.1, -0.05) is 36.0 Å². The highest BCUT2D eigenvalue weighted by atomic mass is 14.5. The quantitative estimate of drug-likeness (QED) is 0.458. The van der Waals surface area contributed by atoms with Crippen LogP contribution in [0, 0.1) is 23.7 Å². The molecule has 0 aromatic carbocycles. The van der Waals surface area contributed by atoms with Crippen molar-refractivity contribution >= 4 is 0 Å². The maximum atomic E-state index is 2.44. The fourth-order valence-electron chi connectivity index (χ4n) is 2.85. The van der Waals surface area contributed by atoms with Crippen LogP contribution in [0.3, 0.4) is 0 Å². The van der Waals surface area contributed by atoms with Crippen LogP contribution in [0.4, 0.5) is 0 Å². The average molecular weight is 144 g/mol. The van der Waals surface area contributed by atoms with E-state index in [-0.39, 0.29) is 0 Å². The van der Waals surface area contributed by atoms with Crippen molar-refractivity contribution in [1.29, 1.82) is 0 Å². The van der Waals surface area contributed by atoms with Gasteiger partial charge in [-0.2, -0.15) is 0 Å². The van der Waals surface area contributed by atoms with E-state index in [1.165, 1.54) is 0 Å². The summed E-state index contributed by atoms with van der Waals surface area (Å²) in [6.45, 7) is 2.27. The van der Waals surface area contributed by atoms with Crippen LogP contribution in [0.1, 0.15) is 6.92 Å². The molecule has 0 nitrogen and oxygen atoms in total. The molecule has 4 atom stereocenters. The molecule has 0 radical (unpaired) electrons. The van der Waals surface area contributed by atoms with E-state index in [1.807, 2.05) is 0 Å². The Hall–Kier alpha value is -0.780. The van der Waals surface area contributed by atoms with E-state index in [0.29, 0.717) is 0 Å². The van der Waals surface area contributed by atoms with Gasteiger partial charge < -0.3 is 0 Å². The molecule has 0 heterocycles. The van der Waals surface area contributed by atoms with E-state index in [9.17, 15) is 0 Å². The van der Waals surface area contributed by atoms with Crippen LogP contribution < -0.4 is 0 Å². The summed E-state index contributed by atoms with van der Waals surface area (Å²) >= 11 is 0. The molecule has 56 valence electrons. The average Bonchev–Trinajstić information content (AvgIpc) is 2.53. The highest BCUT2D eigenvalue weighted by Crippen LogP contribution is 2.50. The van der Waals surface area contributed by atoms with Crippen LogP contribution in [0.5, 0.6) is 0 Å². The van der Waals surface area contributed by atoms with Gasteiger partial charge in [0.25, 0.3) is 0 Å². The molecule has 0 bridgehead atoms. The molecule has 0 aliphatic heterocycles. The molecule has 0 aromatic heterocycles. The molecule has 0 heteroatoms. The van der Waals surface area contributed by atoms with Gasteiger partial charge in [-0.3, -0.25) is 0 Å². The first-order chi connectivity index (χ1) is 5.36. The zero-order chi connectivity index (χ0) is 7.42. The monoisotopic (exact) mass is 144 g/mol. The van der Waals surface area contributed by atoms with E-state index in [2.05, 4.69) is 37.3 Å². The standard InChI is InChI=1S/C11H12/c1-7-6-9-3-2-8-4-5-10(7)11(8)9/h2-6,8-11H,1H3/t8-,9+,10-,11+/m1/s1. The van der Waals surface area contributed by atoms with Crippen molar-refractivity contribution in [3.05, 3.63) is 36.0 Å². The van der Waals surface area contributed by atoms with Gasteiger partial charge in [0.1, 0.15) is 0 Å². The lowest BCUT2D eigenvalue weighted by Gasteiger charge is -2.15. The molecule has 0 N–H and O–H groups in total. The SMILES string of the molecule is CC1=C[C@@H]2C=C[C@@H]3C=C[C@H]1[C@@H]32. The van der Waals surface area contributed by atoms with Gasteiger partial charge in [0, 0.05) is 5.92 Å². The Bertz CT molecular complexity index is 280. The molecule has 0 aromatic rings. The van der Waals surface area contributed by atoms with Crippen LogP contribution in [-0.2, 0) is 0 Å². The normalized spacial score (nSPS) is 50.1. The molecule has 3 aliphatic rings. The molecular weight excluding hydrogens is 132 g/mol. The summed E-state index contributed by atoms with van der Waals surface area (Å²) in [7, 11) is 0. The molecule has 0 unspecified atom stereocenters. The Morgan fingerprint density at radius 2 is 1.73 bits per heavy atom. The Kier molecular flexibility index (Phi) is 0.892. The smallest absolute Gasteiger partial charge is 0.00199 e. The van der Waals surface area contributed by atoms with Crippen molar-refractivity contribution in [2.75, 3.05) is 0 Å². The lowest BCUT2D eigenvalue weighted by molar-refractivity contribution is 0.412. The van der Waals surface area contributed by atoms with E-state index >= 15 is 0 Å². The van der Waals surface area contributed by atoms with Gasteiger partial charge in [0.2, 0.25) is 0 Å². The van der Waals surface area contributed by atoms with Crippen LogP contribution in [-0.4, -0.2) is 0 Å². The van der Waals surface area contributed by atoms with E-state index in [1.54, 1.807) is 5.57 Å². The number of hydrogen-bond acceptors (Lipinski definition) is 0. The van der Waals surface area contributed by atoms with E-state index in [0.717, 1.165) is 23.7 Å². The molecule has 0 saturated carbocycles. The minimum Gasteiger partial charge on any atom is -0.0807 e. The summed E-state index contributed by atoms with van der Waals surface area (Å²) in [6.07, 6.45) is 12.0. The summed E-state index contributed by atoms with van der Waals surface area (Å²) in [5.74, 6) is 3.19. The minimum atomic E-state index is 0.763. The van der Waals surface area contributed by atoms with Crippen molar-refractivity contribution in [1.82, 2.24) is 0 Å². The molecule has 0 spiro atoms. The molecule has 0 saturated heterocycles. The van der Waals surface area contributed by atoms with Gasteiger partial charge in [-0.25, -0.2) is 0 Å². The van der Waals surface area contributed by atoms with Crippen LogP contribution in [0.15, 0.2) is 36.0 Å². The van der Waals surface area contributed by atoms with Gasteiger partial charge >= 0.3 is 0 Å². The first kappa shape index (κ1) is 5.82. The lowest BCUT2D eigenvalue weighted by Crippen LogP contribution is -2.11. The van der Waals surface area contributed by atoms with Crippen molar-refractivity contribution in [2.45, 2.75) is 6.92 Å². The number of allylic oxidation sites excluding steroid dienone is 6. The Morgan fingerprint density at radius 3 is 2.64 bits per heavy atom. The summed E-state index contributed by atoms with van der Waals surface area (Å²) < 4.78 is 0. The fraction of sp³-hybridized carbons (Fsp3) is 0.455. The summed E-state index contributed by atoms with van der Waals surface area (Å²) in [4.78, 5) is 0.